The van der Waals surface area contributed by atoms with Crippen LogP contribution in [0.2, 0.25) is 0 Å². The van der Waals surface area contributed by atoms with Crippen LogP contribution in [0.5, 0.6) is 0 Å². The highest BCUT2D eigenvalue weighted by atomic mass is 16.4. The molecule has 1 amide bonds. The Hall–Kier alpha value is -0.810. The highest BCUT2D eigenvalue weighted by Gasteiger charge is 2.45. The largest absolute Gasteiger partial charge is 0.465 e. The topological polar surface area (TPSA) is 64.0 Å². The van der Waals surface area contributed by atoms with Gasteiger partial charge >= 0.3 is 6.09 Å². The summed E-state index contributed by atoms with van der Waals surface area (Å²) in [5, 5.41) is 18.0. The molecule has 0 radical (unpaired) electrons. The zero-order chi connectivity index (χ0) is 9.64. The number of hydrogen-bond donors (Lipinski definition) is 2. The first-order valence-electron chi connectivity index (χ1n) is 4.42. The van der Waals surface area contributed by atoms with Crippen LogP contribution >= 0.6 is 0 Å². The van der Waals surface area contributed by atoms with Crippen molar-refractivity contribution >= 4 is 6.09 Å². The van der Waals surface area contributed by atoms with E-state index >= 15 is 0 Å². The van der Waals surface area contributed by atoms with Crippen LogP contribution in [0.25, 0.3) is 0 Å². The van der Waals surface area contributed by atoms with Gasteiger partial charge in [0.15, 0.2) is 0 Å². The minimum absolute atomic E-state index is 0.330. The molecule has 13 heavy (non-hydrogen) atoms. The molecule has 2 rings (SSSR count). The minimum atomic E-state index is -0.844. The third-order valence-electron chi connectivity index (χ3n) is 2.74. The zero-order valence-electron chi connectivity index (χ0n) is 7.60. The number of nitrogens with zero attached hydrogens (tertiary/aromatic N) is 2. The van der Waals surface area contributed by atoms with E-state index in [9.17, 15) is 9.90 Å². The van der Waals surface area contributed by atoms with Gasteiger partial charge in [-0.15, -0.1) is 0 Å². The Morgan fingerprint density at radius 2 is 2.00 bits per heavy atom. The lowest BCUT2D eigenvalue weighted by molar-refractivity contribution is -0.124. The number of aliphatic hydroxyl groups is 1. The van der Waals surface area contributed by atoms with Crippen LogP contribution in [0.1, 0.15) is 6.92 Å². The molecule has 2 fully saturated rings. The Morgan fingerprint density at radius 3 is 2.38 bits per heavy atom. The van der Waals surface area contributed by atoms with Gasteiger partial charge in [-0.25, -0.2) is 4.79 Å². The SMILES string of the molecule is CC1(O)CN(C2CN(C(=O)O)C2)C1. The van der Waals surface area contributed by atoms with Crippen molar-refractivity contribution in [2.75, 3.05) is 26.2 Å². The van der Waals surface area contributed by atoms with Crippen LogP contribution < -0.4 is 0 Å². The first-order chi connectivity index (χ1) is 5.98. The lowest BCUT2D eigenvalue weighted by Crippen LogP contribution is -2.71. The van der Waals surface area contributed by atoms with E-state index < -0.39 is 11.7 Å². The van der Waals surface area contributed by atoms with Crippen molar-refractivity contribution < 1.29 is 15.0 Å². The Bertz CT molecular complexity index is 228. The predicted molar refractivity (Wildman–Crippen MR) is 45.6 cm³/mol. The summed E-state index contributed by atoms with van der Waals surface area (Å²) in [5.74, 6) is 0. The average molecular weight is 186 g/mol. The summed E-state index contributed by atoms with van der Waals surface area (Å²) in [7, 11) is 0. The van der Waals surface area contributed by atoms with Gasteiger partial charge in [0.2, 0.25) is 0 Å². The Morgan fingerprint density at radius 1 is 1.46 bits per heavy atom. The number of rotatable bonds is 1. The van der Waals surface area contributed by atoms with E-state index in [2.05, 4.69) is 4.90 Å². The molecule has 0 aromatic carbocycles. The van der Waals surface area contributed by atoms with E-state index in [1.54, 1.807) is 6.92 Å². The van der Waals surface area contributed by atoms with E-state index in [0.717, 1.165) is 0 Å². The maximum Gasteiger partial charge on any atom is 0.407 e. The number of likely N-dealkylation sites (tertiary alicyclic amines) is 2. The predicted octanol–water partition coefficient (Wildman–Crippen LogP) is -0.585. The van der Waals surface area contributed by atoms with Crippen molar-refractivity contribution in [3.8, 4) is 0 Å². The third kappa shape index (κ3) is 1.49. The minimum Gasteiger partial charge on any atom is -0.465 e. The first-order valence-corrected chi connectivity index (χ1v) is 4.42. The summed E-state index contributed by atoms with van der Waals surface area (Å²) in [6, 6.07) is 0.330. The molecule has 2 heterocycles. The summed E-state index contributed by atoms with van der Waals surface area (Å²) in [6.07, 6.45) is -0.844. The number of carbonyl (C=O) groups is 1. The van der Waals surface area contributed by atoms with Gasteiger partial charge in [-0.1, -0.05) is 0 Å². The number of carboxylic acid groups (broad SMARTS) is 1. The van der Waals surface area contributed by atoms with Gasteiger partial charge in [0, 0.05) is 32.2 Å². The van der Waals surface area contributed by atoms with Crippen LogP contribution in [0.4, 0.5) is 4.79 Å². The van der Waals surface area contributed by atoms with Crippen molar-refractivity contribution in [2.24, 2.45) is 0 Å². The first kappa shape index (κ1) is 8.77. The fourth-order valence-corrected chi connectivity index (χ4v) is 1.93. The highest BCUT2D eigenvalue weighted by molar-refractivity contribution is 5.66. The van der Waals surface area contributed by atoms with Crippen molar-refractivity contribution in [1.29, 1.82) is 0 Å². The Kier molecular flexibility index (Phi) is 1.75. The molecule has 0 bridgehead atoms. The second kappa shape index (κ2) is 2.59. The molecule has 0 aliphatic carbocycles. The average Bonchev–Trinajstić information content (AvgIpc) is 1.78. The van der Waals surface area contributed by atoms with E-state index in [0.29, 0.717) is 32.2 Å². The van der Waals surface area contributed by atoms with Crippen LogP contribution in [-0.4, -0.2) is 63.9 Å². The summed E-state index contributed by atoms with van der Waals surface area (Å²) in [4.78, 5) is 14.0. The maximum absolute atomic E-state index is 10.4. The van der Waals surface area contributed by atoms with Gasteiger partial charge < -0.3 is 15.1 Å². The zero-order valence-corrected chi connectivity index (χ0v) is 7.60. The second-order valence-electron chi connectivity index (χ2n) is 4.24. The van der Waals surface area contributed by atoms with Crippen molar-refractivity contribution in [1.82, 2.24) is 9.80 Å². The monoisotopic (exact) mass is 186 g/mol. The number of β-amino-alcohol motifs (C(OH)–C–C–N with tert-alkyl or cyclic N) is 1. The summed E-state index contributed by atoms with van der Waals surface area (Å²) in [5.41, 5.74) is -0.552. The van der Waals surface area contributed by atoms with Gasteiger partial charge in [-0.2, -0.15) is 0 Å². The summed E-state index contributed by atoms with van der Waals surface area (Å²) < 4.78 is 0. The molecule has 0 aromatic heterocycles. The second-order valence-corrected chi connectivity index (χ2v) is 4.24. The van der Waals surface area contributed by atoms with Crippen LogP contribution in [-0.2, 0) is 0 Å². The smallest absolute Gasteiger partial charge is 0.407 e. The van der Waals surface area contributed by atoms with Gasteiger partial charge in [-0.3, -0.25) is 4.90 Å². The molecular formula is C8H14N2O3. The van der Waals surface area contributed by atoms with Crippen molar-refractivity contribution in [2.45, 2.75) is 18.6 Å². The molecule has 2 saturated heterocycles. The van der Waals surface area contributed by atoms with Crippen LogP contribution in [0.15, 0.2) is 0 Å². The van der Waals surface area contributed by atoms with Crippen LogP contribution in [0.3, 0.4) is 0 Å². The quantitative estimate of drug-likeness (QED) is 0.575. The molecule has 2 N–H and O–H groups in total. The molecule has 2 aliphatic rings. The molecule has 5 nitrogen and oxygen atoms in total. The van der Waals surface area contributed by atoms with Crippen molar-refractivity contribution in [3.63, 3.8) is 0 Å². The van der Waals surface area contributed by atoms with E-state index in [1.807, 2.05) is 0 Å². The van der Waals surface area contributed by atoms with Gasteiger partial charge in [-0.05, 0) is 6.92 Å². The molecule has 0 aromatic rings. The lowest BCUT2D eigenvalue weighted by atomic mass is 9.92. The van der Waals surface area contributed by atoms with Gasteiger partial charge in [0.25, 0.3) is 0 Å². The summed E-state index contributed by atoms with van der Waals surface area (Å²) >= 11 is 0. The fourth-order valence-electron chi connectivity index (χ4n) is 1.93. The summed E-state index contributed by atoms with van der Waals surface area (Å²) in [6.45, 7) is 4.32. The third-order valence-corrected chi connectivity index (χ3v) is 2.74. The molecule has 2 aliphatic heterocycles. The molecule has 0 unspecified atom stereocenters. The molecular weight excluding hydrogens is 172 g/mol. The van der Waals surface area contributed by atoms with Crippen molar-refractivity contribution in [3.05, 3.63) is 0 Å². The van der Waals surface area contributed by atoms with Crippen LogP contribution in [0, 0.1) is 0 Å². The van der Waals surface area contributed by atoms with E-state index in [1.165, 1.54) is 4.90 Å². The highest BCUT2D eigenvalue weighted by Crippen LogP contribution is 2.26. The van der Waals surface area contributed by atoms with Gasteiger partial charge in [0.05, 0.1) is 5.60 Å². The molecule has 0 spiro atoms. The van der Waals surface area contributed by atoms with E-state index in [-0.39, 0.29) is 0 Å². The Labute approximate surface area is 76.6 Å². The molecule has 0 atom stereocenters. The maximum atomic E-state index is 10.4. The molecule has 5 heteroatoms. The number of hydrogen-bond acceptors (Lipinski definition) is 3. The fraction of sp³-hybridized carbons (Fsp3) is 0.875. The number of amides is 1. The normalized spacial score (nSPS) is 28.0. The molecule has 74 valence electrons. The molecule has 0 saturated carbocycles. The van der Waals surface area contributed by atoms with Gasteiger partial charge in [0.1, 0.15) is 0 Å². The van der Waals surface area contributed by atoms with E-state index in [4.69, 9.17) is 5.11 Å². The Balaban J connectivity index is 1.74. The lowest BCUT2D eigenvalue weighted by Gasteiger charge is -2.53. The standard InChI is InChI=1S/C8H14N2O3/c1-8(13)4-10(5-8)6-2-9(3-6)7(11)12/h6,13H,2-5H2,1H3,(H,11,12).